The van der Waals surface area contributed by atoms with E-state index >= 15 is 0 Å². The molecule has 0 unspecified atom stereocenters. The molecule has 1 rings (SSSR count). The zero-order valence-corrected chi connectivity index (χ0v) is 12.2. The molecule has 0 aromatic heterocycles. The van der Waals surface area contributed by atoms with Crippen LogP contribution in [0.4, 0.5) is 0 Å². The van der Waals surface area contributed by atoms with Gasteiger partial charge in [0.25, 0.3) is 0 Å². The molecule has 0 aromatic carbocycles. The molecule has 0 aromatic rings. The fourth-order valence-electron chi connectivity index (χ4n) is 2.31. The molecule has 17 heavy (non-hydrogen) atoms. The summed E-state index contributed by atoms with van der Waals surface area (Å²) in [7, 11) is -3.05. The van der Waals surface area contributed by atoms with Crippen LogP contribution < -0.4 is 10.0 Å². The summed E-state index contributed by atoms with van der Waals surface area (Å²) in [6.45, 7) is 6.62. The first-order valence-electron chi connectivity index (χ1n) is 6.47. The second-order valence-electron chi connectivity index (χ2n) is 5.82. The van der Waals surface area contributed by atoms with E-state index in [-0.39, 0.29) is 11.6 Å². The molecule has 5 heteroatoms. The Balaban J connectivity index is 2.36. The van der Waals surface area contributed by atoms with Crippen molar-refractivity contribution in [3.63, 3.8) is 0 Å². The van der Waals surface area contributed by atoms with Crippen molar-refractivity contribution in [2.45, 2.75) is 70.5 Å². The van der Waals surface area contributed by atoms with Crippen LogP contribution in [0.5, 0.6) is 0 Å². The summed E-state index contributed by atoms with van der Waals surface area (Å²) in [5, 5.41) is 3.65. The van der Waals surface area contributed by atoms with E-state index in [1.807, 2.05) is 0 Å². The maximum Gasteiger partial charge on any atom is 0.208 e. The van der Waals surface area contributed by atoms with Gasteiger partial charge in [-0.15, -0.1) is 0 Å². The molecule has 1 saturated carbocycles. The second-order valence-corrected chi connectivity index (χ2v) is 7.60. The molecular formula is C12H26N2O2S. The molecule has 0 heterocycles. The largest absolute Gasteiger partial charge is 0.309 e. The van der Waals surface area contributed by atoms with Gasteiger partial charge in [0.15, 0.2) is 0 Å². The van der Waals surface area contributed by atoms with Gasteiger partial charge in [-0.2, -0.15) is 0 Å². The Kier molecular flexibility index (Phi) is 4.98. The molecule has 1 aliphatic carbocycles. The van der Waals surface area contributed by atoms with E-state index in [2.05, 4.69) is 30.8 Å². The summed E-state index contributed by atoms with van der Waals surface area (Å²) in [4.78, 5) is 0. The number of rotatable bonds is 5. The maximum absolute atomic E-state index is 11.1. The first kappa shape index (κ1) is 14.9. The first-order chi connectivity index (χ1) is 7.72. The number of sulfonamides is 1. The summed E-state index contributed by atoms with van der Waals surface area (Å²) < 4.78 is 25.0. The van der Waals surface area contributed by atoms with Crippen molar-refractivity contribution in [3.8, 4) is 0 Å². The number of hydrogen-bond acceptors (Lipinski definition) is 3. The van der Waals surface area contributed by atoms with Crippen molar-refractivity contribution in [2.24, 2.45) is 0 Å². The van der Waals surface area contributed by atoms with Gasteiger partial charge in [-0.3, -0.25) is 0 Å². The molecule has 1 aliphatic rings. The highest BCUT2D eigenvalue weighted by molar-refractivity contribution is 7.88. The Labute approximate surface area is 106 Å². The summed E-state index contributed by atoms with van der Waals surface area (Å²) in [6, 6.07) is 0.662. The van der Waals surface area contributed by atoms with Crippen molar-refractivity contribution in [2.75, 3.05) is 6.26 Å². The van der Waals surface area contributed by atoms with Gasteiger partial charge in [0.2, 0.25) is 10.0 Å². The minimum absolute atomic E-state index is 0.132. The van der Waals surface area contributed by atoms with E-state index in [1.165, 1.54) is 6.26 Å². The molecule has 1 fully saturated rings. The van der Waals surface area contributed by atoms with E-state index in [4.69, 9.17) is 0 Å². The topological polar surface area (TPSA) is 58.2 Å². The Bertz CT molecular complexity index is 330. The predicted molar refractivity (Wildman–Crippen MR) is 71.5 cm³/mol. The molecule has 0 saturated heterocycles. The van der Waals surface area contributed by atoms with Gasteiger partial charge < -0.3 is 5.32 Å². The lowest BCUT2D eigenvalue weighted by Gasteiger charge is -2.35. The molecule has 0 bridgehead atoms. The molecule has 0 aliphatic heterocycles. The summed E-state index contributed by atoms with van der Waals surface area (Å²) >= 11 is 0. The highest BCUT2D eigenvalue weighted by Gasteiger charge is 2.26. The summed E-state index contributed by atoms with van der Waals surface area (Å²) in [5.74, 6) is 0. The Hall–Kier alpha value is -0.130. The molecule has 2 N–H and O–H groups in total. The van der Waals surface area contributed by atoms with Crippen LogP contribution in [-0.2, 0) is 10.0 Å². The average Bonchev–Trinajstić information content (AvgIpc) is 2.19. The zero-order valence-electron chi connectivity index (χ0n) is 11.4. The molecular weight excluding hydrogens is 236 g/mol. The quantitative estimate of drug-likeness (QED) is 0.791. The lowest BCUT2D eigenvalue weighted by molar-refractivity contribution is 0.257. The van der Waals surface area contributed by atoms with Gasteiger partial charge >= 0.3 is 0 Å². The third-order valence-corrected chi connectivity index (χ3v) is 4.35. The van der Waals surface area contributed by atoms with Crippen LogP contribution in [-0.4, -0.2) is 32.3 Å². The third-order valence-electron chi connectivity index (χ3n) is 3.59. The van der Waals surface area contributed by atoms with Crippen molar-refractivity contribution in [1.82, 2.24) is 10.0 Å². The van der Waals surface area contributed by atoms with E-state index in [0.717, 1.165) is 32.1 Å². The normalized spacial score (nSPS) is 27.1. The van der Waals surface area contributed by atoms with Crippen LogP contribution in [0.3, 0.4) is 0 Å². The van der Waals surface area contributed by atoms with Crippen molar-refractivity contribution >= 4 is 10.0 Å². The van der Waals surface area contributed by atoms with Crippen molar-refractivity contribution < 1.29 is 8.42 Å². The summed E-state index contributed by atoms with van der Waals surface area (Å²) in [5.41, 5.74) is 0.182. The van der Waals surface area contributed by atoms with E-state index in [1.54, 1.807) is 0 Å². The van der Waals surface area contributed by atoms with Crippen LogP contribution in [0.1, 0.15) is 52.9 Å². The average molecular weight is 262 g/mol. The van der Waals surface area contributed by atoms with Crippen LogP contribution in [0.2, 0.25) is 0 Å². The fraction of sp³-hybridized carbons (Fsp3) is 1.00. The van der Waals surface area contributed by atoms with Crippen molar-refractivity contribution in [3.05, 3.63) is 0 Å². The van der Waals surface area contributed by atoms with Crippen LogP contribution in [0.15, 0.2) is 0 Å². The third kappa shape index (κ3) is 5.84. The lowest BCUT2D eigenvalue weighted by Crippen LogP contribution is -2.49. The number of hydrogen-bond donors (Lipinski definition) is 2. The van der Waals surface area contributed by atoms with Crippen LogP contribution in [0.25, 0.3) is 0 Å². The van der Waals surface area contributed by atoms with Gasteiger partial charge in [0.1, 0.15) is 0 Å². The SMILES string of the molecule is CCC(C)(C)NC1CCC(NS(C)(=O)=O)CC1. The maximum atomic E-state index is 11.1. The fourth-order valence-corrected chi connectivity index (χ4v) is 3.15. The lowest BCUT2D eigenvalue weighted by atomic mass is 9.89. The highest BCUT2D eigenvalue weighted by atomic mass is 32.2. The van der Waals surface area contributed by atoms with E-state index in [0.29, 0.717) is 6.04 Å². The number of nitrogens with one attached hydrogen (secondary N) is 2. The van der Waals surface area contributed by atoms with Crippen LogP contribution in [0, 0.1) is 0 Å². The second kappa shape index (κ2) is 5.67. The summed E-state index contributed by atoms with van der Waals surface area (Å²) in [6.07, 6.45) is 6.31. The molecule has 4 nitrogen and oxygen atoms in total. The minimum atomic E-state index is -3.05. The predicted octanol–water partition coefficient (Wildman–Crippen LogP) is 1.62. The Morgan fingerprint density at radius 3 is 2.00 bits per heavy atom. The molecule has 0 spiro atoms. The minimum Gasteiger partial charge on any atom is -0.309 e. The molecule has 0 amide bonds. The Morgan fingerprint density at radius 1 is 1.12 bits per heavy atom. The van der Waals surface area contributed by atoms with Gasteiger partial charge in [0.05, 0.1) is 6.26 Å². The Morgan fingerprint density at radius 2 is 1.59 bits per heavy atom. The van der Waals surface area contributed by atoms with Gasteiger partial charge in [-0.1, -0.05) is 6.92 Å². The molecule has 0 atom stereocenters. The van der Waals surface area contributed by atoms with E-state index < -0.39 is 10.0 Å². The van der Waals surface area contributed by atoms with Crippen LogP contribution >= 0.6 is 0 Å². The molecule has 0 radical (unpaired) electrons. The van der Waals surface area contributed by atoms with Gasteiger partial charge in [-0.05, 0) is 46.0 Å². The molecule has 102 valence electrons. The van der Waals surface area contributed by atoms with Gasteiger partial charge in [-0.25, -0.2) is 13.1 Å². The van der Waals surface area contributed by atoms with E-state index in [9.17, 15) is 8.42 Å². The highest BCUT2D eigenvalue weighted by Crippen LogP contribution is 2.22. The van der Waals surface area contributed by atoms with Crippen molar-refractivity contribution in [1.29, 1.82) is 0 Å². The zero-order chi connectivity index (χ0) is 13.1. The first-order valence-corrected chi connectivity index (χ1v) is 8.36. The standard InChI is InChI=1S/C12H26N2O2S/c1-5-12(2,3)13-10-6-8-11(9-7-10)14-17(4,15)16/h10-11,13-14H,5-9H2,1-4H3. The monoisotopic (exact) mass is 262 g/mol. The smallest absolute Gasteiger partial charge is 0.208 e. The van der Waals surface area contributed by atoms with Gasteiger partial charge in [0, 0.05) is 17.6 Å².